The summed E-state index contributed by atoms with van der Waals surface area (Å²) in [4.78, 5) is 10.8. The Kier molecular flexibility index (Phi) is 1.74. The first-order valence-corrected chi connectivity index (χ1v) is 2.63. The molecule has 10 heavy (non-hydrogen) atoms. The standard InChI is InChI=1S/C4H7N5O/c5-4(6)3(10)2-1-7-9-8-2/h1,4H,5-6H2,(H,7,8,9). The van der Waals surface area contributed by atoms with Crippen molar-refractivity contribution in [1.29, 1.82) is 0 Å². The van der Waals surface area contributed by atoms with Crippen molar-refractivity contribution in [3.63, 3.8) is 0 Å². The van der Waals surface area contributed by atoms with Crippen molar-refractivity contribution in [1.82, 2.24) is 15.4 Å². The zero-order chi connectivity index (χ0) is 7.56. The lowest BCUT2D eigenvalue weighted by Gasteiger charge is -1.97. The lowest BCUT2D eigenvalue weighted by atomic mass is 10.3. The van der Waals surface area contributed by atoms with Crippen molar-refractivity contribution in [2.75, 3.05) is 0 Å². The molecule has 1 aromatic rings. The molecule has 0 atom stereocenters. The van der Waals surface area contributed by atoms with E-state index in [-0.39, 0.29) is 5.69 Å². The van der Waals surface area contributed by atoms with Gasteiger partial charge in [0.15, 0.2) is 5.69 Å². The van der Waals surface area contributed by atoms with Crippen molar-refractivity contribution in [3.8, 4) is 0 Å². The SMILES string of the molecule is NC(N)C(=O)c1c[nH]nn1. The van der Waals surface area contributed by atoms with Crippen LogP contribution in [0.5, 0.6) is 0 Å². The van der Waals surface area contributed by atoms with Crippen molar-refractivity contribution in [2.45, 2.75) is 6.17 Å². The highest BCUT2D eigenvalue weighted by molar-refractivity contribution is 5.97. The maximum absolute atomic E-state index is 10.8. The quantitative estimate of drug-likeness (QED) is 0.333. The van der Waals surface area contributed by atoms with E-state index in [1.165, 1.54) is 6.20 Å². The monoisotopic (exact) mass is 141 g/mol. The van der Waals surface area contributed by atoms with Gasteiger partial charge >= 0.3 is 0 Å². The number of nitrogens with one attached hydrogen (secondary N) is 1. The van der Waals surface area contributed by atoms with E-state index in [1.54, 1.807) is 0 Å². The van der Waals surface area contributed by atoms with E-state index in [0.29, 0.717) is 0 Å². The van der Waals surface area contributed by atoms with Crippen LogP contribution in [0, 0.1) is 0 Å². The number of ketones is 1. The first-order valence-electron chi connectivity index (χ1n) is 2.63. The average Bonchev–Trinajstić information content (AvgIpc) is 2.36. The molecule has 6 heteroatoms. The molecule has 6 nitrogen and oxygen atoms in total. The molecule has 0 fully saturated rings. The number of carbonyl (C=O) groups is 1. The third-order valence-corrected chi connectivity index (χ3v) is 0.972. The predicted molar refractivity (Wildman–Crippen MR) is 32.9 cm³/mol. The van der Waals surface area contributed by atoms with Gasteiger partial charge in [-0.2, -0.15) is 0 Å². The Morgan fingerprint density at radius 3 is 2.80 bits per heavy atom. The molecule has 0 aliphatic heterocycles. The fourth-order valence-electron chi connectivity index (χ4n) is 0.493. The van der Waals surface area contributed by atoms with Gasteiger partial charge in [-0.1, -0.05) is 5.21 Å². The Hall–Kier alpha value is -1.27. The Bertz CT molecular complexity index is 216. The largest absolute Gasteiger partial charge is 0.309 e. The van der Waals surface area contributed by atoms with Crippen LogP contribution < -0.4 is 11.5 Å². The van der Waals surface area contributed by atoms with Crippen molar-refractivity contribution >= 4 is 5.78 Å². The van der Waals surface area contributed by atoms with Gasteiger partial charge in [0.25, 0.3) is 0 Å². The molecule has 5 N–H and O–H groups in total. The number of nitrogens with zero attached hydrogens (tertiary/aromatic N) is 2. The van der Waals surface area contributed by atoms with Crippen LogP contribution in [0.4, 0.5) is 0 Å². The summed E-state index contributed by atoms with van der Waals surface area (Å²) in [6, 6.07) is 0. The highest BCUT2D eigenvalue weighted by Gasteiger charge is 2.12. The summed E-state index contributed by atoms with van der Waals surface area (Å²) in [5, 5.41) is 9.11. The van der Waals surface area contributed by atoms with E-state index in [0.717, 1.165) is 0 Å². The fraction of sp³-hybridized carbons (Fsp3) is 0.250. The van der Waals surface area contributed by atoms with Crippen LogP contribution in [-0.4, -0.2) is 27.4 Å². The third kappa shape index (κ3) is 1.17. The molecule has 54 valence electrons. The maximum atomic E-state index is 10.8. The predicted octanol–water partition coefficient (Wildman–Crippen LogP) is -1.77. The molecule has 1 heterocycles. The number of rotatable bonds is 2. The van der Waals surface area contributed by atoms with Gasteiger partial charge in [-0.15, -0.1) is 5.10 Å². The lowest BCUT2D eigenvalue weighted by molar-refractivity contribution is 0.0958. The first kappa shape index (κ1) is 6.84. The number of hydrogen-bond acceptors (Lipinski definition) is 5. The number of aromatic nitrogens is 3. The molecule has 0 amide bonds. The third-order valence-electron chi connectivity index (χ3n) is 0.972. The summed E-state index contributed by atoms with van der Waals surface area (Å²) in [6.45, 7) is 0. The van der Waals surface area contributed by atoms with Gasteiger partial charge in [-0.05, 0) is 0 Å². The van der Waals surface area contributed by atoms with E-state index in [2.05, 4.69) is 15.4 Å². The Morgan fingerprint density at radius 1 is 1.70 bits per heavy atom. The number of nitrogens with two attached hydrogens (primary N) is 2. The minimum atomic E-state index is -1.01. The molecule has 0 radical (unpaired) electrons. The van der Waals surface area contributed by atoms with Crippen molar-refractivity contribution in [3.05, 3.63) is 11.9 Å². The van der Waals surface area contributed by atoms with E-state index >= 15 is 0 Å². The van der Waals surface area contributed by atoms with Crippen molar-refractivity contribution in [2.24, 2.45) is 11.5 Å². The van der Waals surface area contributed by atoms with E-state index in [9.17, 15) is 4.79 Å². The topological polar surface area (TPSA) is 111 Å². The molecule has 0 saturated carbocycles. The number of hydrogen-bond donors (Lipinski definition) is 3. The number of carbonyl (C=O) groups excluding carboxylic acids is 1. The molecule has 1 rings (SSSR count). The van der Waals surface area contributed by atoms with Gasteiger partial charge < -0.3 is 11.5 Å². The van der Waals surface area contributed by atoms with Crippen LogP contribution in [0.15, 0.2) is 6.20 Å². The van der Waals surface area contributed by atoms with Crippen LogP contribution in [0.2, 0.25) is 0 Å². The summed E-state index contributed by atoms with van der Waals surface area (Å²) < 4.78 is 0. The first-order chi connectivity index (χ1) is 4.72. The van der Waals surface area contributed by atoms with Gasteiger partial charge in [0, 0.05) is 0 Å². The van der Waals surface area contributed by atoms with Crippen LogP contribution in [0.1, 0.15) is 10.5 Å². The van der Waals surface area contributed by atoms with E-state index in [4.69, 9.17) is 11.5 Å². The number of Topliss-reactive ketones (excluding diaryl/α,β-unsaturated/α-hetero) is 1. The van der Waals surface area contributed by atoms with Crippen LogP contribution >= 0.6 is 0 Å². The smallest absolute Gasteiger partial charge is 0.215 e. The normalized spacial score (nSPS) is 10.3. The molecule has 0 spiro atoms. The lowest BCUT2D eigenvalue weighted by Crippen LogP contribution is -2.39. The average molecular weight is 141 g/mol. The van der Waals surface area contributed by atoms with Gasteiger partial charge in [0.05, 0.1) is 6.20 Å². The zero-order valence-corrected chi connectivity index (χ0v) is 5.11. The molecule has 0 bridgehead atoms. The molecule has 0 saturated heterocycles. The highest BCUT2D eigenvalue weighted by Crippen LogP contribution is 1.90. The molecule has 0 aliphatic carbocycles. The Morgan fingerprint density at radius 2 is 2.40 bits per heavy atom. The van der Waals surface area contributed by atoms with E-state index < -0.39 is 11.9 Å². The van der Waals surface area contributed by atoms with Gasteiger partial charge in [0.1, 0.15) is 6.17 Å². The number of H-pyrrole nitrogens is 1. The van der Waals surface area contributed by atoms with Crippen LogP contribution in [0.3, 0.4) is 0 Å². The van der Waals surface area contributed by atoms with E-state index in [1.807, 2.05) is 0 Å². The number of aromatic amines is 1. The summed E-state index contributed by atoms with van der Waals surface area (Å²) in [6.07, 6.45) is 0.333. The molecule has 0 aliphatic rings. The molecule has 0 aromatic carbocycles. The Labute approximate surface area is 56.6 Å². The van der Waals surface area contributed by atoms with Crippen molar-refractivity contribution < 1.29 is 4.79 Å². The molecule has 1 aromatic heterocycles. The summed E-state index contributed by atoms with van der Waals surface area (Å²) in [5.41, 5.74) is 10.3. The second kappa shape index (κ2) is 2.54. The molecule has 0 unspecified atom stereocenters. The summed E-state index contributed by atoms with van der Waals surface area (Å²) >= 11 is 0. The molecular formula is C4H7N5O. The van der Waals surface area contributed by atoms with Crippen LogP contribution in [0.25, 0.3) is 0 Å². The minimum absolute atomic E-state index is 0.162. The minimum Gasteiger partial charge on any atom is -0.309 e. The highest BCUT2D eigenvalue weighted by atomic mass is 16.1. The summed E-state index contributed by atoms with van der Waals surface area (Å²) in [5.74, 6) is -0.422. The molecular weight excluding hydrogens is 134 g/mol. The van der Waals surface area contributed by atoms with Gasteiger partial charge in [-0.25, -0.2) is 0 Å². The second-order valence-corrected chi connectivity index (χ2v) is 1.75. The maximum Gasteiger partial charge on any atom is 0.215 e. The van der Waals surface area contributed by atoms with Crippen LogP contribution in [-0.2, 0) is 0 Å². The zero-order valence-electron chi connectivity index (χ0n) is 5.11. The van der Waals surface area contributed by atoms with Gasteiger partial charge in [-0.3, -0.25) is 9.89 Å². The Balaban J connectivity index is 2.78. The summed E-state index contributed by atoms with van der Waals surface area (Å²) in [7, 11) is 0. The van der Waals surface area contributed by atoms with Gasteiger partial charge in [0.2, 0.25) is 5.78 Å². The second-order valence-electron chi connectivity index (χ2n) is 1.75. The fourth-order valence-corrected chi connectivity index (χ4v) is 0.493.